The van der Waals surface area contributed by atoms with E-state index in [0.29, 0.717) is 29.7 Å². The summed E-state index contributed by atoms with van der Waals surface area (Å²) in [5.41, 5.74) is 4.48. The number of benzene rings is 1. The van der Waals surface area contributed by atoms with Gasteiger partial charge in [-0.05, 0) is 30.5 Å². The number of nitrogens with one attached hydrogen (secondary N) is 1. The Bertz CT molecular complexity index is 960. The molecule has 0 aromatic heterocycles. The van der Waals surface area contributed by atoms with E-state index in [9.17, 15) is 19.2 Å². The molecule has 3 atom stereocenters. The standard InChI is InChI=1S/C20H19N3O6/c1-28-19(26)15-11-8-9-12(16(24)20(27)29-2)13(11)14-17(21-15)22-23(18(14)25)10-6-4-3-5-7-10/h3-7,11-12,17,22H,8-9H2,1-2H3/t11-,12+,17-/m0/s1. The Morgan fingerprint density at radius 2 is 1.83 bits per heavy atom. The van der Waals surface area contributed by atoms with Crippen LogP contribution in [-0.4, -0.2) is 49.7 Å². The molecule has 1 aliphatic carbocycles. The lowest BCUT2D eigenvalue weighted by atomic mass is 9.83. The summed E-state index contributed by atoms with van der Waals surface area (Å²) < 4.78 is 9.44. The van der Waals surface area contributed by atoms with Gasteiger partial charge >= 0.3 is 11.9 Å². The van der Waals surface area contributed by atoms with E-state index in [1.165, 1.54) is 12.1 Å². The van der Waals surface area contributed by atoms with Crippen LogP contribution in [0.2, 0.25) is 0 Å². The number of anilines is 1. The highest BCUT2D eigenvalue weighted by Crippen LogP contribution is 2.45. The summed E-state index contributed by atoms with van der Waals surface area (Å²) in [4.78, 5) is 54.5. The molecule has 1 aromatic carbocycles. The number of ketones is 1. The van der Waals surface area contributed by atoms with Crippen LogP contribution in [-0.2, 0) is 28.7 Å². The summed E-state index contributed by atoms with van der Waals surface area (Å²) in [6.45, 7) is 0. The van der Waals surface area contributed by atoms with Gasteiger partial charge in [-0.3, -0.25) is 14.6 Å². The topological polar surface area (TPSA) is 114 Å². The number of carbonyl (C=O) groups is 4. The number of nitrogens with zero attached hydrogens (tertiary/aromatic N) is 2. The van der Waals surface area contributed by atoms with Crippen molar-refractivity contribution in [2.45, 2.75) is 19.0 Å². The summed E-state index contributed by atoms with van der Waals surface area (Å²) in [6, 6.07) is 8.90. The van der Waals surface area contributed by atoms with E-state index in [1.54, 1.807) is 24.3 Å². The minimum atomic E-state index is -0.972. The minimum absolute atomic E-state index is 0.145. The van der Waals surface area contributed by atoms with Crippen molar-refractivity contribution in [3.05, 3.63) is 41.5 Å². The number of amides is 1. The first-order chi connectivity index (χ1) is 14.0. The molecule has 0 bridgehead atoms. The Hall–Kier alpha value is -3.33. The van der Waals surface area contributed by atoms with E-state index >= 15 is 0 Å². The summed E-state index contributed by atoms with van der Waals surface area (Å²) in [5.74, 6) is -4.06. The quantitative estimate of drug-likeness (QED) is 0.583. The van der Waals surface area contributed by atoms with E-state index in [0.717, 1.165) is 7.11 Å². The van der Waals surface area contributed by atoms with Gasteiger partial charge in [-0.2, -0.15) is 5.43 Å². The van der Waals surface area contributed by atoms with E-state index in [2.05, 4.69) is 15.2 Å². The summed E-state index contributed by atoms with van der Waals surface area (Å²) in [7, 11) is 2.38. The predicted molar refractivity (Wildman–Crippen MR) is 101 cm³/mol. The molecule has 9 heteroatoms. The van der Waals surface area contributed by atoms with Crippen molar-refractivity contribution in [1.29, 1.82) is 0 Å². The first kappa shape index (κ1) is 19.0. The molecule has 0 radical (unpaired) electrons. The molecule has 3 aliphatic rings. The minimum Gasteiger partial charge on any atom is -0.465 e. The molecular formula is C20H19N3O6. The van der Waals surface area contributed by atoms with Crippen molar-refractivity contribution in [2.75, 3.05) is 19.2 Å². The lowest BCUT2D eigenvalue weighted by Crippen LogP contribution is -2.39. The van der Waals surface area contributed by atoms with E-state index in [1.807, 2.05) is 6.07 Å². The van der Waals surface area contributed by atoms with Gasteiger partial charge in [-0.15, -0.1) is 0 Å². The second-order valence-corrected chi connectivity index (χ2v) is 6.92. The van der Waals surface area contributed by atoms with Gasteiger partial charge in [0.25, 0.3) is 5.91 Å². The predicted octanol–water partition coefficient (Wildman–Crippen LogP) is 0.556. The number of hydrazine groups is 1. The van der Waals surface area contributed by atoms with Gasteiger partial charge < -0.3 is 9.47 Å². The Kier molecular flexibility index (Phi) is 4.75. The zero-order valence-corrected chi connectivity index (χ0v) is 15.9. The van der Waals surface area contributed by atoms with E-state index < -0.39 is 35.7 Å². The molecule has 1 N–H and O–H groups in total. The van der Waals surface area contributed by atoms with Crippen molar-refractivity contribution in [1.82, 2.24) is 5.43 Å². The number of hydrogen-bond donors (Lipinski definition) is 1. The second kappa shape index (κ2) is 7.25. The third-order valence-corrected chi connectivity index (χ3v) is 5.47. The van der Waals surface area contributed by atoms with Gasteiger partial charge in [0.2, 0.25) is 5.78 Å². The summed E-state index contributed by atoms with van der Waals surface area (Å²) in [6.07, 6.45) is -0.112. The van der Waals surface area contributed by atoms with Gasteiger partial charge in [0.15, 0.2) is 0 Å². The highest BCUT2D eigenvalue weighted by atomic mass is 16.5. The molecule has 2 aliphatic heterocycles. The molecule has 4 rings (SSSR count). The maximum atomic E-state index is 13.2. The third kappa shape index (κ3) is 2.94. The Morgan fingerprint density at radius 1 is 1.10 bits per heavy atom. The molecule has 1 saturated heterocycles. The molecular weight excluding hydrogens is 378 g/mol. The zero-order chi connectivity index (χ0) is 20.7. The van der Waals surface area contributed by atoms with Crippen LogP contribution in [0.3, 0.4) is 0 Å². The fourth-order valence-corrected chi connectivity index (χ4v) is 4.22. The van der Waals surface area contributed by atoms with Crippen LogP contribution in [0.25, 0.3) is 0 Å². The lowest BCUT2D eigenvalue weighted by Gasteiger charge is -2.24. The average molecular weight is 397 g/mol. The average Bonchev–Trinajstić information content (AvgIpc) is 3.33. The number of ether oxygens (including phenoxy) is 2. The second-order valence-electron chi connectivity index (χ2n) is 6.92. The van der Waals surface area contributed by atoms with E-state index in [4.69, 9.17) is 4.74 Å². The number of methoxy groups -OCH3 is 2. The Morgan fingerprint density at radius 3 is 2.48 bits per heavy atom. The molecule has 0 unspecified atom stereocenters. The number of hydrogen-bond acceptors (Lipinski definition) is 8. The number of fused-ring (bicyclic) bond motifs is 2. The highest BCUT2D eigenvalue weighted by molar-refractivity contribution is 6.40. The maximum Gasteiger partial charge on any atom is 0.374 e. The lowest BCUT2D eigenvalue weighted by molar-refractivity contribution is -0.153. The number of aliphatic imine (C=N–C) groups is 1. The maximum absolute atomic E-state index is 13.2. The van der Waals surface area contributed by atoms with Crippen molar-refractivity contribution in [3.8, 4) is 0 Å². The molecule has 0 spiro atoms. The first-order valence-electron chi connectivity index (χ1n) is 9.15. The number of rotatable bonds is 4. The van der Waals surface area contributed by atoms with Crippen molar-refractivity contribution in [3.63, 3.8) is 0 Å². The normalized spacial score (nSPS) is 25.3. The highest BCUT2D eigenvalue weighted by Gasteiger charge is 2.51. The van der Waals surface area contributed by atoms with Crippen molar-refractivity contribution < 1.29 is 28.7 Å². The molecule has 2 heterocycles. The molecule has 29 heavy (non-hydrogen) atoms. The third-order valence-electron chi connectivity index (χ3n) is 5.47. The summed E-state index contributed by atoms with van der Waals surface area (Å²) >= 11 is 0. The molecule has 9 nitrogen and oxygen atoms in total. The first-order valence-corrected chi connectivity index (χ1v) is 9.15. The smallest absolute Gasteiger partial charge is 0.374 e. The van der Waals surface area contributed by atoms with Crippen LogP contribution >= 0.6 is 0 Å². The number of para-hydroxylation sites is 1. The van der Waals surface area contributed by atoms with Crippen LogP contribution in [0.5, 0.6) is 0 Å². The Balaban J connectivity index is 1.82. The largest absolute Gasteiger partial charge is 0.465 e. The van der Waals surface area contributed by atoms with Gasteiger partial charge in [0, 0.05) is 5.92 Å². The van der Waals surface area contributed by atoms with Crippen LogP contribution in [0, 0.1) is 11.8 Å². The fourth-order valence-electron chi connectivity index (χ4n) is 4.22. The van der Waals surface area contributed by atoms with Crippen LogP contribution in [0.4, 0.5) is 5.69 Å². The van der Waals surface area contributed by atoms with Crippen molar-refractivity contribution >= 4 is 35.0 Å². The number of allylic oxidation sites excluding steroid dienone is 1. The number of Topliss-reactive ketones (excluding diaryl/α,β-unsaturated/α-hetero) is 1. The monoisotopic (exact) mass is 397 g/mol. The SMILES string of the molecule is COC(=O)C(=O)[C@@H]1CC[C@@H]2C(C(=O)OC)=N[C@H]3NN(c4ccccc4)C(=O)C3=C21. The number of esters is 2. The van der Waals surface area contributed by atoms with Gasteiger partial charge in [0.1, 0.15) is 11.9 Å². The number of carbonyl (C=O) groups excluding carboxylic acids is 4. The van der Waals surface area contributed by atoms with Crippen LogP contribution in [0.1, 0.15) is 12.8 Å². The molecule has 1 saturated carbocycles. The fraction of sp³-hybridized carbons (Fsp3) is 0.350. The Labute approximate surface area is 166 Å². The molecule has 2 fully saturated rings. The van der Waals surface area contributed by atoms with Crippen LogP contribution in [0.15, 0.2) is 46.5 Å². The molecule has 1 amide bonds. The zero-order valence-electron chi connectivity index (χ0n) is 15.9. The molecule has 150 valence electrons. The van der Waals surface area contributed by atoms with Gasteiger partial charge in [0.05, 0.1) is 31.4 Å². The van der Waals surface area contributed by atoms with Crippen LogP contribution < -0.4 is 10.4 Å². The van der Waals surface area contributed by atoms with Gasteiger partial charge in [-0.25, -0.2) is 14.6 Å². The molecule has 1 aromatic rings. The van der Waals surface area contributed by atoms with Crippen molar-refractivity contribution in [2.24, 2.45) is 16.8 Å². The number of dihydropyridines is 1. The van der Waals surface area contributed by atoms with E-state index in [-0.39, 0.29) is 11.6 Å². The van der Waals surface area contributed by atoms with Gasteiger partial charge in [-0.1, -0.05) is 18.2 Å². The summed E-state index contributed by atoms with van der Waals surface area (Å²) in [5, 5.41) is 1.34.